The van der Waals surface area contributed by atoms with Gasteiger partial charge in [0.15, 0.2) is 0 Å². The van der Waals surface area contributed by atoms with Crippen molar-refractivity contribution < 1.29 is 9.59 Å². The number of fused-ring (bicyclic) bond motifs is 1. The van der Waals surface area contributed by atoms with Gasteiger partial charge in [0.05, 0.1) is 6.54 Å². The molecule has 0 aliphatic heterocycles. The summed E-state index contributed by atoms with van der Waals surface area (Å²) in [5.74, 6) is -0.259. The Morgan fingerprint density at radius 1 is 1.16 bits per heavy atom. The largest absolute Gasteiger partial charge is 0.338 e. The Morgan fingerprint density at radius 2 is 1.88 bits per heavy atom. The molecule has 3 rings (SSSR count). The number of hydrogen-bond acceptors (Lipinski definition) is 3. The van der Waals surface area contributed by atoms with Gasteiger partial charge < -0.3 is 5.32 Å². The lowest BCUT2D eigenvalue weighted by Crippen LogP contribution is -2.45. The first kappa shape index (κ1) is 17.4. The van der Waals surface area contributed by atoms with Crippen LogP contribution in [0.5, 0.6) is 0 Å². The Kier molecular flexibility index (Phi) is 5.34. The monoisotopic (exact) mass is 339 g/mol. The maximum Gasteiger partial charge on any atom is 0.321 e. The SMILES string of the molecule is CCNC(=O)NC(=O)CN(C1CC1)C(C)c1ccc2ccccc2c1. The molecule has 1 atom stereocenters. The first-order valence-corrected chi connectivity index (χ1v) is 8.90. The summed E-state index contributed by atoms with van der Waals surface area (Å²) in [6, 6.07) is 14.8. The maximum absolute atomic E-state index is 12.2. The summed E-state index contributed by atoms with van der Waals surface area (Å²) in [6.07, 6.45) is 2.21. The number of nitrogens with zero attached hydrogens (tertiary/aromatic N) is 1. The standard InChI is InChI=1S/C20H25N3O2/c1-3-21-20(25)22-19(24)13-23(18-10-11-18)14(2)16-9-8-15-6-4-5-7-17(15)12-16/h4-9,12,14,18H,3,10-11,13H2,1-2H3,(H2,21,22,24,25). The molecule has 0 spiro atoms. The summed E-state index contributed by atoms with van der Waals surface area (Å²) in [5, 5.41) is 7.40. The van der Waals surface area contributed by atoms with E-state index in [1.165, 1.54) is 16.3 Å². The highest BCUT2D eigenvalue weighted by Gasteiger charge is 2.34. The third-order valence-corrected chi connectivity index (χ3v) is 4.69. The van der Waals surface area contributed by atoms with E-state index in [0.717, 1.165) is 12.8 Å². The van der Waals surface area contributed by atoms with Crippen LogP contribution in [0.4, 0.5) is 4.79 Å². The highest BCUT2D eigenvalue weighted by Crippen LogP contribution is 2.34. The summed E-state index contributed by atoms with van der Waals surface area (Å²) >= 11 is 0. The van der Waals surface area contributed by atoms with Crippen molar-refractivity contribution in [3.8, 4) is 0 Å². The zero-order chi connectivity index (χ0) is 17.8. The van der Waals surface area contributed by atoms with Crippen molar-refractivity contribution >= 4 is 22.7 Å². The van der Waals surface area contributed by atoms with Crippen LogP contribution in [0.2, 0.25) is 0 Å². The molecule has 5 nitrogen and oxygen atoms in total. The summed E-state index contributed by atoms with van der Waals surface area (Å²) in [6.45, 7) is 4.68. The van der Waals surface area contributed by atoms with Crippen LogP contribution in [0.25, 0.3) is 10.8 Å². The number of hydrogen-bond donors (Lipinski definition) is 2. The van der Waals surface area contributed by atoms with Crippen LogP contribution in [-0.2, 0) is 4.79 Å². The Morgan fingerprint density at radius 3 is 2.56 bits per heavy atom. The number of benzene rings is 2. The minimum atomic E-state index is -0.429. The van der Waals surface area contributed by atoms with Gasteiger partial charge in [-0.15, -0.1) is 0 Å². The van der Waals surface area contributed by atoms with E-state index >= 15 is 0 Å². The lowest BCUT2D eigenvalue weighted by molar-refractivity contribution is -0.121. The lowest BCUT2D eigenvalue weighted by Gasteiger charge is -2.29. The molecule has 2 aromatic rings. The molecule has 5 heteroatoms. The van der Waals surface area contributed by atoms with Crippen molar-refractivity contribution in [2.75, 3.05) is 13.1 Å². The molecule has 25 heavy (non-hydrogen) atoms. The normalized spacial score (nSPS) is 15.2. The molecule has 0 radical (unpaired) electrons. The molecule has 2 N–H and O–H groups in total. The van der Waals surface area contributed by atoms with Crippen LogP contribution in [0.1, 0.15) is 38.3 Å². The molecule has 2 aromatic carbocycles. The van der Waals surface area contributed by atoms with E-state index in [2.05, 4.69) is 52.8 Å². The van der Waals surface area contributed by atoms with E-state index < -0.39 is 6.03 Å². The molecular weight excluding hydrogens is 314 g/mol. The summed E-state index contributed by atoms with van der Waals surface area (Å²) in [5.41, 5.74) is 1.19. The zero-order valence-corrected chi connectivity index (χ0v) is 14.8. The smallest absolute Gasteiger partial charge is 0.321 e. The van der Waals surface area contributed by atoms with Gasteiger partial charge in [-0.2, -0.15) is 0 Å². The fraction of sp³-hybridized carbons (Fsp3) is 0.400. The lowest BCUT2D eigenvalue weighted by atomic mass is 10.0. The number of nitrogens with one attached hydrogen (secondary N) is 2. The summed E-state index contributed by atoms with van der Waals surface area (Å²) in [7, 11) is 0. The molecule has 0 aromatic heterocycles. The van der Waals surface area contributed by atoms with Crippen LogP contribution >= 0.6 is 0 Å². The summed E-state index contributed by atoms with van der Waals surface area (Å²) in [4.78, 5) is 25.9. The van der Waals surface area contributed by atoms with E-state index in [1.807, 2.05) is 19.1 Å². The number of amides is 3. The molecule has 1 aliphatic rings. The van der Waals surface area contributed by atoms with Crippen LogP contribution in [-0.4, -0.2) is 36.0 Å². The number of urea groups is 1. The molecule has 1 saturated carbocycles. The van der Waals surface area contributed by atoms with Crippen molar-refractivity contribution in [1.29, 1.82) is 0 Å². The number of imide groups is 1. The molecule has 1 fully saturated rings. The Balaban J connectivity index is 1.72. The van der Waals surface area contributed by atoms with Crippen molar-refractivity contribution in [2.45, 2.75) is 38.8 Å². The van der Waals surface area contributed by atoms with Gasteiger partial charge in [0.2, 0.25) is 5.91 Å². The minimum absolute atomic E-state index is 0.122. The average molecular weight is 339 g/mol. The molecule has 132 valence electrons. The Hall–Kier alpha value is -2.40. The highest BCUT2D eigenvalue weighted by molar-refractivity contribution is 5.95. The van der Waals surface area contributed by atoms with Crippen molar-refractivity contribution in [1.82, 2.24) is 15.5 Å². The number of carbonyl (C=O) groups is 2. The first-order chi connectivity index (χ1) is 12.1. The van der Waals surface area contributed by atoms with Gasteiger partial charge >= 0.3 is 6.03 Å². The van der Waals surface area contributed by atoms with Crippen LogP contribution in [0, 0.1) is 0 Å². The Labute approximate surface area is 148 Å². The third kappa shape index (κ3) is 4.37. The maximum atomic E-state index is 12.2. The van der Waals surface area contributed by atoms with Crippen LogP contribution in [0.15, 0.2) is 42.5 Å². The van der Waals surface area contributed by atoms with E-state index in [0.29, 0.717) is 12.6 Å². The fourth-order valence-electron chi connectivity index (χ4n) is 3.18. The summed E-state index contributed by atoms with van der Waals surface area (Å²) < 4.78 is 0. The molecule has 0 heterocycles. The van der Waals surface area contributed by atoms with Gasteiger partial charge in [-0.05, 0) is 49.1 Å². The van der Waals surface area contributed by atoms with Crippen molar-refractivity contribution in [2.24, 2.45) is 0 Å². The zero-order valence-electron chi connectivity index (χ0n) is 14.8. The fourth-order valence-corrected chi connectivity index (χ4v) is 3.18. The molecule has 1 unspecified atom stereocenters. The van der Waals surface area contributed by atoms with E-state index in [1.54, 1.807) is 0 Å². The topological polar surface area (TPSA) is 61.4 Å². The number of rotatable bonds is 6. The Bertz CT molecular complexity index is 770. The van der Waals surface area contributed by atoms with Crippen LogP contribution in [0.3, 0.4) is 0 Å². The van der Waals surface area contributed by atoms with Gasteiger partial charge in [-0.25, -0.2) is 4.79 Å². The van der Waals surface area contributed by atoms with Gasteiger partial charge in [0.25, 0.3) is 0 Å². The predicted molar refractivity (Wildman–Crippen MR) is 99.3 cm³/mol. The highest BCUT2D eigenvalue weighted by atomic mass is 16.2. The second-order valence-corrected chi connectivity index (χ2v) is 6.59. The molecule has 3 amide bonds. The second kappa shape index (κ2) is 7.66. The predicted octanol–water partition coefficient (Wildman–Crippen LogP) is 3.21. The average Bonchev–Trinajstić information content (AvgIpc) is 3.43. The molecule has 0 saturated heterocycles. The van der Waals surface area contributed by atoms with Gasteiger partial charge in [0.1, 0.15) is 0 Å². The van der Waals surface area contributed by atoms with E-state index in [-0.39, 0.29) is 18.5 Å². The van der Waals surface area contributed by atoms with Gasteiger partial charge in [0, 0.05) is 18.6 Å². The second-order valence-electron chi connectivity index (χ2n) is 6.59. The van der Waals surface area contributed by atoms with Crippen LogP contribution < -0.4 is 10.6 Å². The minimum Gasteiger partial charge on any atom is -0.338 e. The van der Waals surface area contributed by atoms with Crippen molar-refractivity contribution in [3.05, 3.63) is 48.0 Å². The number of carbonyl (C=O) groups excluding carboxylic acids is 2. The molecule has 1 aliphatic carbocycles. The molecule has 0 bridgehead atoms. The van der Waals surface area contributed by atoms with E-state index in [9.17, 15) is 9.59 Å². The van der Waals surface area contributed by atoms with Gasteiger partial charge in [-0.3, -0.25) is 15.0 Å². The van der Waals surface area contributed by atoms with E-state index in [4.69, 9.17) is 0 Å². The van der Waals surface area contributed by atoms with Crippen molar-refractivity contribution in [3.63, 3.8) is 0 Å². The quantitative estimate of drug-likeness (QED) is 0.849. The molecular formula is C20H25N3O2. The van der Waals surface area contributed by atoms with Gasteiger partial charge in [-0.1, -0.05) is 36.4 Å². The first-order valence-electron chi connectivity index (χ1n) is 8.90. The third-order valence-electron chi connectivity index (χ3n) is 4.69.